The molecule has 0 unspecified atom stereocenters. The van der Waals surface area contributed by atoms with Crippen LogP contribution < -0.4 is 0 Å². The van der Waals surface area contributed by atoms with E-state index in [-0.39, 0.29) is 17.7 Å². The van der Waals surface area contributed by atoms with Crippen LogP contribution in [0.3, 0.4) is 0 Å². The summed E-state index contributed by atoms with van der Waals surface area (Å²) in [5, 5.41) is 8.54. The number of halogens is 1. The highest BCUT2D eigenvalue weighted by molar-refractivity contribution is 5.90. The van der Waals surface area contributed by atoms with Crippen LogP contribution in [0.5, 0.6) is 0 Å². The monoisotopic (exact) mass is 210 g/mol. The van der Waals surface area contributed by atoms with Crippen LogP contribution >= 0.6 is 0 Å². The minimum atomic E-state index is -0.716. The van der Waals surface area contributed by atoms with E-state index in [1.165, 1.54) is 31.4 Å². The Morgan fingerprint density at radius 2 is 2.33 bits per heavy atom. The average Bonchev–Trinajstić information content (AvgIpc) is 2.27. The lowest BCUT2D eigenvalue weighted by Crippen LogP contribution is -2.05. The van der Waals surface area contributed by atoms with Gasteiger partial charge in [0.15, 0.2) is 0 Å². The van der Waals surface area contributed by atoms with Crippen LogP contribution in [0.1, 0.15) is 15.9 Å². The second-order valence-electron chi connectivity index (χ2n) is 2.79. The molecule has 0 aliphatic rings. The molecular weight excluding hydrogens is 199 g/mol. The van der Waals surface area contributed by atoms with Crippen LogP contribution in [-0.2, 0) is 4.74 Å². The van der Waals surface area contributed by atoms with Gasteiger partial charge in [-0.15, -0.1) is 0 Å². The molecule has 0 spiro atoms. The van der Waals surface area contributed by atoms with Crippen LogP contribution in [0.2, 0.25) is 0 Å². The number of esters is 1. The molecule has 1 N–H and O–H groups in total. The Morgan fingerprint density at radius 1 is 1.60 bits per heavy atom. The van der Waals surface area contributed by atoms with E-state index < -0.39 is 11.8 Å². The van der Waals surface area contributed by atoms with E-state index in [0.29, 0.717) is 0 Å². The number of carbonyl (C=O) groups excluding carboxylic acids is 1. The molecule has 80 valence electrons. The second kappa shape index (κ2) is 5.26. The fourth-order valence-corrected chi connectivity index (χ4v) is 1.13. The maximum Gasteiger partial charge on any atom is 0.340 e. The zero-order valence-corrected chi connectivity index (χ0v) is 8.24. The molecule has 0 aliphatic heterocycles. The average molecular weight is 210 g/mol. The highest BCUT2D eigenvalue weighted by atomic mass is 19.1. The van der Waals surface area contributed by atoms with Gasteiger partial charge in [0, 0.05) is 5.56 Å². The van der Waals surface area contributed by atoms with Gasteiger partial charge < -0.3 is 9.84 Å². The largest absolute Gasteiger partial charge is 0.465 e. The lowest BCUT2D eigenvalue weighted by Gasteiger charge is -2.03. The Bertz CT molecular complexity index is 385. The van der Waals surface area contributed by atoms with Crippen molar-refractivity contribution in [2.45, 2.75) is 0 Å². The van der Waals surface area contributed by atoms with Crippen molar-refractivity contribution in [1.29, 1.82) is 0 Å². The van der Waals surface area contributed by atoms with Crippen LogP contribution in [0.4, 0.5) is 4.39 Å². The fourth-order valence-electron chi connectivity index (χ4n) is 1.13. The smallest absolute Gasteiger partial charge is 0.340 e. The number of benzene rings is 1. The Labute approximate surface area is 86.8 Å². The van der Waals surface area contributed by atoms with E-state index in [4.69, 9.17) is 5.11 Å². The number of hydrogen-bond acceptors (Lipinski definition) is 3. The van der Waals surface area contributed by atoms with Crippen LogP contribution in [-0.4, -0.2) is 24.8 Å². The first-order valence-electron chi connectivity index (χ1n) is 4.35. The Balaban J connectivity index is 3.11. The Morgan fingerprint density at radius 3 is 2.93 bits per heavy atom. The molecule has 0 saturated carbocycles. The SMILES string of the molecule is COC(=O)c1cccc(C=CCO)c1F. The van der Waals surface area contributed by atoms with Gasteiger partial charge in [-0.3, -0.25) is 0 Å². The summed E-state index contributed by atoms with van der Waals surface area (Å²) in [5.74, 6) is -1.36. The summed E-state index contributed by atoms with van der Waals surface area (Å²) in [6.07, 6.45) is 2.79. The van der Waals surface area contributed by atoms with Gasteiger partial charge in [0.1, 0.15) is 5.82 Å². The third kappa shape index (κ3) is 2.63. The molecule has 3 nitrogen and oxygen atoms in total. The Kier molecular flexibility index (Phi) is 4.00. The lowest BCUT2D eigenvalue weighted by molar-refractivity contribution is 0.0595. The maximum atomic E-state index is 13.6. The molecule has 0 aliphatic carbocycles. The molecule has 0 heterocycles. The van der Waals surface area contributed by atoms with Crippen LogP contribution in [0.15, 0.2) is 24.3 Å². The molecule has 1 aromatic rings. The molecule has 0 atom stereocenters. The number of hydrogen-bond donors (Lipinski definition) is 1. The van der Waals surface area contributed by atoms with E-state index >= 15 is 0 Å². The molecule has 1 aromatic carbocycles. The van der Waals surface area contributed by atoms with Crippen molar-refractivity contribution < 1.29 is 19.0 Å². The van der Waals surface area contributed by atoms with E-state index in [1.54, 1.807) is 6.07 Å². The summed E-state index contributed by atoms with van der Waals surface area (Å²) in [5.41, 5.74) is 0.129. The molecule has 0 radical (unpaired) electrons. The fraction of sp³-hybridized carbons (Fsp3) is 0.182. The van der Waals surface area contributed by atoms with E-state index in [1.807, 2.05) is 0 Å². The molecular formula is C11H11FO3. The zero-order valence-electron chi connectivity index (χ0n) is 8.24. The number of rotatable bonds is 3. The van der Waals surface area contributed by atoms with E-state index in [2.05, 4.69) is 4.74 Å². The number of carbonyl (C=O) groups is 1. The number of methoxy groups -OCH3 is 1. The number of aliphatic hydroxyl groups excluding tert-OH is 1. The first-order chi connectivity index (χ1) is 7.20. The summed E-state index contributed by atoms with van der Waals surface area (Å²) in [7, 11) is 1.19. The highest BCUT2D eigenvalue weighted by Crippen LogP contribution is 2.15. The third-order valence-electron chi connectivity index (χ3n) is 1.84. The summed E-state index contributed by atoms with van der Waals surface area (Å²) in [4.78, 5) is 11.1. The highest BCUT2D eigenvalue weighted by Gasteiger charge is 2.13. The summed E-state index contributed by atoms with van der Waals surface area (Å²) >= 11 is 0. The normalized spacial score (nSPS) is 10.6. The van der Waals surface area contributed by atoms with Crippen molar-refractivity contribution >= 4 is 12.0 Å². The lowest BCUT2D eigenvalue weighted by atomic mass is 10.1. The molecule has 0 fully saturated rings. The molecule has 0 aromatic heterocycles. The van der Waals surface area contributed by atoms with Crippen molar-refractivity contribution in [2.75, 3.05) is 13.7 Å². The number of aliphatic hydroxyl groups is 1. The molecule has 0 amide bonds. The minimum Gasteiger partial charge on any atom is -0.465 e. The predicted molar refractivity (Wildman–Crippen MR) is 53.9 cm³/mol. The Hall–Kier alpha value is -1.68. The van der Waals surface area contributed by atoms with Gasteiger partial charge in [-0.2, -0.15) is 0 Å². The number of ether oxygens (including phenoxy) is 1. The van der Waals surface area contributed by atoms with E-state index in [0.717, 1.165) is 0 Å². The first-order valence-corrected chi connectivity index (χ1v) is 4.35. The second-order valence-corrected chi connectivity index (χ2v) is 2.79. The van der Waals surface area contributed by atoms with Crippen LogP contribution in [0.25, 0.3) is 6.08 Å². The zero-order chi connectivity index (χ0) is 11.3. The third-order valence-corrected chi connectivity index (χ3v) is 1.84. The van der Waals surface area contributed by atoms with Crippen molar-refractivity contribution in [3.8, 4) is 0 Å². The quantitative estimate of drug-likeness (QED) is 0.771. The van der Waals surface area contributed by atoms with Gasteiger partial charge in [0.25, 0.3) is 0 Å². The van der Waals surface area contributed by atoms with E-state index in [9.17, 15) is 9.18 Å². The molecule has 0 bridgehead atoms. The molecule has 0 saturated heterocycles. The van der Waals surface area contributed by atoms with Crippen LogP contribution in [0, 0.1) is 5.82 Å². The van der Waals surface area contributed by atoms with Gasteiger partial charge in [0.05, 0.1) is 19.3 Å². The van der Waals surface area contributed by atoms with Gasteiger partial charge >= 0.3 is 5.97 Å². The van der Waals surface area contributed by atoms with Crippen molar-refractivity contribution in [1.82, 2.24) is 0 Å². The molecule has 1 rings (SSSR count). The van der Waals surface area contributed by atoms with Crippen molar-refractivity contribution in [3.05, 3.63) is 41.2 Å². The van der Waals surface area contributed by atoms with Gasteiger partial charge in [-0.1, -0.05) is 24.3 Å². The van der Waals surface area contributed by atoms with Crippen molar-refractivity contribution in [3.63, 3.8) is 0 Å². The maximum absolute atomic E-state index is 13.6. The summed E-state index contributed by atoms with van der Waals surface area (Å²) < 4.78 is 18.0. The molecule has 4 heteroatoms. The minimum absolute atomic E-state index is 0.113. The summed E-state index contributed by atoms with van der Waals surface area (Å²) in [6.45, 7) is -0.179. The van der Waals surface area contributed by atoms with Crippen molar-refractivity contribution in [2.24, 2.45) is 0 Å². The molecule has 15 heavy (non-hydrogen) atoms. The van der Waals surface area contributed by atoms with Gasteiger partial charge in [-0.05, 0) is 6.07 Å². The van der Waals surface area contributed by atoms with Gasteiger partial charge in [-0.25, -0.2) is 9.18 Å². The first kappa shape index (κ1) is 11.4. The summed E-state index contributed by atoms with van der Waals surface area (Å²) in [6, 6.07) is 4.40. The standard InChI is InChI=1S/C11H11FO3/c1-15-11(14)9-6-2-4-8(10(9)12)5-3-7-13/h2-6,13H,7H2,1H3. The topological polar surface area (TPSA) is 46.5 Å². The van der Waals surface area contributed by atoms with Gasteiger partial charge in [0.2, 0.25) is 0 Å². The predicted octanol–water partition coefficient (Wildman–Crippen LogP) is 1.62.